The Labute approximate surface area is 148 Å². The molecular formula is C18H31N3OSi2. The van der Waals surface area contributed by atoms with Gasteiger partial charge in [0.05, 0.1) is 8.07 Å². The monoisotopic (exact) mass is 361 g/mol. The van der Waals surface area contributed by atoms with E-state index >= 15 is 0 Å². The zero-order valence-electron chi connectivity index (χ0n) is 16.3. The van der Waals surface area contributed by atoms with Crippen molar-refractivity contribution in [1.29, 1.82) is 0 Å². The minimum atomic E-state index is -1.80. The molecule has 0 aliphatic rings. The van der Waals surface area contributed by atoms with Gasteiger partial charge in [-0.1, -0.05) is 71.7 Å². The summed E-state index contributed by atoms with van der Waals surface area (Å²) < 4.78 is 0. The number of aromatic nitrogens is 3. The van der Waals surface area contributed by atoms with Gasteiger partial charge in [0.25, 0.3) is 0 Å². The topological polar surface area (TPSA) is 44.8 Å². The van der Waals surface area contributed by atoms with Crippen LogP contribution in [0.1, 0.15) is 26.5 Å². The van der Waals surface area contributed by atoms with Gasteiger partial charge in [-0.2, -0.15) is 4.85 Å². The minimum absolute atomic E-state index is 0.272. The van der Waals surface area contributed by atoms with Gasteiger partial charge < -0.3 is 5.21 Å². The molecule has 2 aromatic rings. The van der Waals surface area contributed by atoms with Crippen LogP contribution in [-0.4, -0.2) is 26.0 Å². The lowest BCUT2D eigenvalue weighted by atomic mass is 10.2. The van der Waals surface area contributed by atoms with Gasteiger partial charge in [-0.05, 0) is 22.0 Å². The smallest absolute Gasteiger partial charge is 0.215 e. The fourth-order valence-electron chi connectivity index (χ4n) is 2.65. The highest BCUT2D eigenvalue weighted by molar-refractivity contribution is 6.88. The van der Waals surface area contributed by atoms with Crippen LogP contribution >= 0.6 is 0 Å². The second kappa shape index (κ2) is 6.15. The Balaban J connectivity index is 2.60. The molecule has 6 heteroatoms. The van der Waals surface area contributed by atoms with Crippen LogP contribution in [0.4, 0.5) is 0 Å². The summed E-state index contributed by atoms with van der Waals surface area (Å²) in [6, 6.07) is 10.7. The fourth-order valence-corrected chi connectivity index (χ4v) is 6.11. The van der Waals surface area contributed by atoms with Gasteiger partial charge >= 0.3 is 0 Å². The molecule has 1 aromatic carbocycles. The molecule has 0 saturated carbocycles. The van der Waals surface area contributed by atoms with Crippen LogP contribution in [0.5, 0.6) is 0 Å². The standard InChI is InChI=1S/C18H31N3OSi2/c1-18(2,3)24(7,8)14-16-17(23(4,5)6)21(22)20(19-16)15-12-10-9-11-13-15/h9-13H,14H2,1-8H3. The largest absolute Gasteiger partial charge is 0.693 e. The van der Waals surface area contributed by atoms with Gasteiger partial charge in [0.15, 0.2) is 5.32 Å². The van der Waals surface area contributed by atoms with Crippen molar-refractivity contribution >= 4 is 21.5 Å². The minimum Gasteiger partial charge on any atom is -0.693 e. The van der Waals surface area contributed by atoms with Crippen molar-refractivity contribution in [2.24, 2.45) is 0 Å². The molecule has 0 saturated heterocycles. The van der Waals surface area contributed by atoms with Gasteiger partial charge in [0, 0.05) is 11.1 Å². The van der Waals surface area contributed by atoms with E-state index in [-0.39, 0.29) is 5.04 Å². The fraction of sp³-hybridized carbons (Fsp3) is 0.556. The first kappa shape index (κ1) is 18.9. The van der Waals surface area contributed by atoms with Crippen molar-refractivity contribution in [3.63, 3.8) is 0 Å². The molecule has 0 radical (unpaired) electrons. The first-order valence-corrected chi connectivity index (χ1v) is 15.3. The van der Waals surface area contributed by atoms with Crippen LogP contribution < -0.4 is 10.2 Å². The summed E-state index contributed by atoms with van der Waals surface area (Å²) in [4.78, 5) is 2.58. The molecule has 0 unspecified atom stereocenters. The maximum atomic E-state index is 13.0. The van der Waals surface area contributed by atoms with E-state index in [0.29, 0.717) is 0 Å². The first-order valence-electron chi connectivity index (χ1n) is 8.62. The number of rotatable bonds is 4. The lowest BCUT2D eigenvalue weighted by Gasteiger charge is -2.36. The Kier molecular flexibility index (Phi) is 4.85. The average molecular weight is 362 g/mol. The van der Waals surface area contributed by atoms with Crippen LogP contribution in [0.3, 0.4) is 0 Å². The summed E-state index contributed by atoms with van der Waals surface area (Å²) in [5.41, 5.74) is 1.84. The van der Waals surface area contributed by atoms with Crippen molar-refractivity contribution < 1.29 is 4.85 Å². The second-order valence-corrected chi connectivity index (χ2v) is 19.9. The molecule has 1 heterocycles. The Hall–Kier alpha value is -1.41. The normalized spacial score (nSPS) is 13.3. The molecular weight excluding hydrogens is 330 g/mol. The van der Waals surface area contributed by atoms with E-state index in [2.05, 4.69) is 53.5 Å². The Morgan fingerprint density at radius 3 is 2.04 bits per heavy atom. The number of para-hydroxylation sites is 1. The SMILES string of the molecule is CC(C)(C)[Si](C)(C)Cc1nn(-c2ccccc2)[n+]([O-])c1[Si](C)(C)C. The highest BCUT2D eigenvalue weighted by Gasteiger charge is 2.42. The zero-order chi connectivity index (χ0) is 18.3. The first-order chi connectivity index (χ1) is 10.8. The zero-order valence-corrected chi connectivity index (χ0v) is 18.3. The molecule has 0 amide bonds. The summed E-state index contributed by atoms with van der Waals surface area (Å²) in [5, 5.41) is 19.0. The lowest BCUT2D eigenvalue weighted by Crippen LogP contribution is -2.61. The van der Waals surface area contributed by atoms with E-state index in [9.17, 15) is 5.21 Å². The van der Waals surface area contributed by atoms with E-state index in [1.165, 1.54) is 4.80 Å². The average Bonchev–Trinajstić information content (AvgIpc) is 2.74. The molecule has 0 aliphatic heterocycles. The number of hydrogen-bond donors (Lipinski definition) is 0. The molecule has 0 spiro atoms. The summed E-state index contributed by atoms with van der Waals surface area (Å²) in [6.45, 7) is 18.4. The number of nitrogens with zero attached hydrogens (tertiary/aromatic N) is 3. The predicted octanol–water partition coefficient (Wildman–Crippen LogP) is 3.64. The van der Waals surface area contributed by atoms with Crippen LogP contribution in [-0.2, 0) is 6.04 Å². The quantitative estimate of drug-likeness (QED) is 0.474. The van der Waals surface area contributed by atoms with Crippen molar-refractivity contribution in [3.8, 4) is 5.69 Å². The van der Waals surface area contributed by atoms with Crippen molar-refractivity contribution in [2.45, 2.75) is 64.6 Å². The van der Waals surface area contributed by atoms with Gasteiger partial charge in [0.2, 0.25) is 5.69 Å². The van der Waals surface area contributed by atoms with E-state index in [4.69, 9.17) is 5.10 Å². The summed E-state index contributed by atoms with van der Waals surface area (Å²) in [6.07, 6.45) is 0. The molecule has 0 atom stereocenters. The Morgan fingerprint density at radius 1 is 1.04 bits per heavy atom. The second-order valence-electron chi connectivity index (χ2n) is 9.35. The predicted molar refractivity (Wildman–Crippen MR) is 106 cm³/mol. The molecule has 2 rings (SSSR count). The third-order valence-electron chi connectivity index (χ3n) is 5.19. The van der Waals surface area contributed by atoms with Crippen LogP contribution in [0.2, 0.25) is 37.8 Å². The van der Waals surface area contributed by atoms with Crippen molar-refractivity contribution in [1.82, 2.24) is 9.90 Å². The Morgan fingerprint density at radius 2 is 1.58 bits per heavy atom. The maximum absolute atomic E-state index is 13.0. The van der Waals surface area contributed by atoms with Gasteiger partial charge in [0.1, 0.15) is 13.8 Å². The highest BCUT2D eigenvalue weighted by Crippen LogP contribution is 2.37. The molecule has 0 aliphatic carbocycles. The van der Waals surface area contributed by atoms with Crippen molar-refractivity contribution in [3.05, 3.63) is 41.2 Å². The third-order valence-corrected chi connectivity index (χ3v) is 12.4. The Bertz CT molecular complexity index is 710. The number of benzene rings is 1. The maximum Gasteiger partial charge on any atom is 0.215 e. The van der Waals surface area contributed by atoms with Crippen LogP contribution in [0.15, 0.2) is 30.3 Å². The van der Waals surface area contributed by atoms with E-state index < -0.39 is 16.1 Å². The van der Waals surface area contributed by atoms with E-state index in [1.54, 1.807) is 0 Å². The lowest BCUT2D eigenvalue weighted by molar-refractivity contribution is -0.672. The summed E-state index contributed by atoms with van der Waals surface area (Å²) in [5.74, 6) is 0. The molecule has 0 fully saturated rings. The van der Waals surface area contributed by atoms with Gasteiger partial charge in [-0.15, -0.1) is 0 Å². The molecule has 4 nitrogen and oxygen atoms in total. The van der Waals surface area contributed by atoms with Crippen LogP contribution in [0, 0.1) is 5.21 Å². The van der Waals surface area contributed by atoms with Gasteiger partial charge in [-0.3, -0.25) is 0 Å². The third kappa shape index (κ3) is 3.64. The van der Waals surface area contributed by atoms with Crippen molar-refractivity contribution in [2.75, 3.05) is 0 Å². The highest BCUT2D eigenvalue weighted by atomic mass is 28.3. The molecule has 0 bridgehead atoms. The summed E-state index contributed by atoms with van der Waals surface area (Å²) in [7, 11) is -3.38. The molecule has 132 valence electrons. The number of hydrogen-bond acceptors (Lipinski definition) is 2. The summed E-state index contributed by atoms with van der Waals surface area (Å²) >= 11 is 0. The van der Waals surface area contributed by atoms with E-state index in [1.807, 2.05) is 30.3 Å². The molecule has 0 N–H and O–H groups in total. The van der Waals surface area contributed by atoms with E-state index in [0.717, 1.165) is 27.6 Å². The van der Waals surface area contributed by atoms with Crippen LogP contribution in [0.25, 0.3) is 5.69 Å². The molecule has 24 heavy (non-hydrogen) atoms. The molecule has 1 aromatic heterocycles. The van der Waals surface area contributed by atoms with Gasteiger partial charge in [-0.25, -0.2) is 0 Å².